The Kier molecular flexibility index (Phi) is 5.00. The van der Waals surface area contributed by atoms with Crippen LogP contribution in [-0.2, 0) is 4.79 Å². The van der Waals surface area contributed by atoms with E-state index in [4.69, 9.17) is 5.11 Å². The Hall–Kier alpha value is -2.86. The zero-order valence-electron chi connectivity index (χ0n) is 13.5. The molecule has 2 N–H and O–H groups in total. The van der Waals surface area contributed by atoms with Gasteiger partial charge in [0.25, 0.3) is 0 Å². The zero-order valence-corrected chi connectivity index (χ0v) is 14.3. The number of fused-ring (bicyclic) bond motifs is 1. The van der Waals surface area contributed by atoms with Crippen LogP contribution in [0.2, 0.25) is 0 Å². The first kappa shape index (κ1) is 17.0. The quantitative estimate of drug-likeness (QED) is 0.677. The van der Waals surface area contributed by atoms with Crippen molar-refractivity contribution in [2.24, 2.45) is 0 Å². The van der Waals surface area contributed by atoms with Crippen molar-refractivity contribution in [3.05, 3.63) is 66.2 Å². The number of amides is 1. The highest BCUT2D eigenvalue weighted by Gasteiger charge is 2.16. The molecule has 0 saturated heterocycles. The zero-order chi connectivity index (χ0) is 17.8. The van der Waals surface area contributed by atoms with Gasteiger partial charge in [0.1, 0.15) is 0 Å². The van der Waals surface area contributed by atoms with Gasteiger partial charge in [-0.3, -0.25) is 4.79 Å². The summed E-state index contributed by atoms with van der Waals surface area (Å²) in [6, 6.07) is 17.9. The number of para-hydroxylation sites is 1. The van der Waals surface area contributed by atoms with Gasteiger partial charge < -0.3 is 10.4 Å². The van der Waals surface area contributed by atoms with Gasteiger partial charge in [0.05, 0.1) is 21.4 Å². The summed E-state index contributed by atoms with van der Waals surface area (Å²) >= 11 is 1.36. The number of carboxylic acid groups (broad SMARTS) is 1. The van der Waals surface area contributed by atoms with Gasteiger partial charge in [-0.25, -0.2) is 9.78 Å². The van der Waals surface area contributed by atoms with E-state index in [2.05, 4.69) is 10.3 Å². The molecular weight excluding hydrogens is 336 g/mol. The summed E-state index contributed by atoms with van der Waals surface area (Å²) < 4.78 is 0. The first-order chi connectivity index (χ1) is 12.0. The molecule has 25 heavy (non-hydrogen) atoms. The molecule has 3 aromatic rings. The van der Waals surface area contributed by atoms with Crippen molar-refractivity contribution in [1.82, 2.24) is 4.98 Å². The molecule has 6 heteroatoms. The lowest BCUT2D eigenvalue weighted by atomic mass is 10.2. The molecule has 3 rings (SSSR count). The Labute approximate surface area is 149 Å². The average Bonchev–Trinajstić information content (AvgIpc) is 2.61. The second-order valence-corrected chi connectivity index (χ2v) is 6.84. The van der Waals surface area contributed by atoms with Gasteiger partial charge in [0.2, 0.25) is 5.91 Å². The van der Waals surface area contributed by atoms with Crippen LogP contribution in [0, 0.1) is 0 Å². The third-order valence-electron chi connectivity index (χ3n) is 3.62. The smallest absolute Gasteiger partial charge is 0.335 e. The Morgan fingerprint density at radius 1 is 1.08 bits per heavy atom. The van der Waals surface area contributed by atoms with Crippen LogP contribution in [0.3, 0.4) is 0 Å². The van der Waals surface area contributed by atoms with Crippen molar-refractivity contribution < 1.29 is 14.7 Å². The molecule has 126 valence electrons. The number of carbonyl (C=O) groups is 2. The highest BCUT2D eigenvalue weighted by molar-refractivity contribution is 8.00. The lowest BCUT2D eigenvalue weighted by Gasteiger charge is -2.12. The SMILES string of the molecule is C[C@@H](Sc1ccc2ccccc2n1)C(=O)Nc1cccc(C(=O)O)c1. The maximum Gasteiger partial charge on any atom is 0.335 e. The molecule has 1 aromatic heterocycles. The number of pyridine rings is 1. The molecule has 1 atom stereocenters. The molecule has 0 aliphatic carbocycles. The highest BCUT2D eigenvalue weighted by Crippen LogP contribution is 2.25. The number of carboxylic acids is 1. The van der Waals surface area contributed by atoms with Crippen LogP contribution in [0.25, 0.3) is 10.9 Å². The predicted molar refractivity (Wildman–Crippen MR) is 99.1 cm³/mol. The van der Waals surface area contributed by atoms with Crippen molar-refractivity contribution in [2.45, 2.75) is 17.2 Å². The molecule has 0 unspecified atom stereocenters. The first-order valence-corrected chi connectivity index (χ1v) is 8.57. The Morgan fingerprint density at radius 3 is 2.68 bits per heavy atom. The minimum atomic E-state index is -1.03. The van der Waals surface area contributed by atoms with E-state index < -0.39 is 5.97 Å². The number of benzene rings is 2. The average molecular weight is 352 g/mol. The molecule has 2 aromatic carbocycles. The van der Waals surface area contributed by atoms with E-state index in [0.29, 0.717) is 5.69 Å². The van der Waals surface area contributed by atoms with E-state index in [-0.39, 0.29) is 16.7 Å². The summed E-state index contributed by atoms with van der Waals surface area (Å²) in [4.78, 5) is 27.9. The van der Waals surface area contributed by atoms with Crippen LogP contribution in [0.5, 0.6) is 0 Å². The third-order valence-corrected chi connectivity index (χ3v) is 4.65. The number of rotatable bonds is 5. The molecule has 0 radical (unpaired) electrons. The summed E-state index contributed by atoms with van der Waals surface area (Å²) in [5.41, 5.74) is 1.48. The number of carbonyl (C=O) groups excluding carboxylic acids is 1. The van der Waals surface area contributed by atoms with E-state index in [0.717, 1.165) is 15.9 Å². The van der Waals surface area contributed by atoms with E-state index in [9.17, 15) is 9.59 Å². The number of nitrogens with one attached hydrogen (secondary N) is 1. The third kappa shape index (κ3) is 4.16. The monoisotopic (exact) mass is 352 g/mol. The van der Waals surface area contributed by atoms with Gasteiger partial charge in [0.15, 0.2) is 0 Å². The van der Waals surface area contributed by atoms with Crippen molar-refractivity contribution in [3.8, 4) is 0 Å². The standard InChI is InChI=1S/C19H16N2O3S/c1-12(18(22)20-15-7-4-6-14(11-15)19(23)24)25-17-10-9-13-5-2-3-8-16(13)21-17/h2-12H,1H3,(H,20,22)(H,23,24)/t12-/m1/s1. The van der Waals surface area contributed by atoms with E-state index in [1.54, 1.807) is 19.1 Å². The van der Waals surface area contributed by atoms with Crippen molar-refractivity contribution in [2.75, 3.05) is 5.32 Å². The van der Waals surface area contributed by atoms with Gasteiger partial charge in [-0.15, -0.1) is 0 Å². The summed E-state index contributed by atoms with van der Waals surface area (Å²) in [7, 11) is 0. The molecule has 0 aliphatic heterocycles. The lowest BCUT2D eigenvalue weighted by Crippen LogP contribution is -2.22. The summed E-state index contributed by atoms with van der Waals surface area (Å²) in [6.07, 6.45) is 0. The second-order valence-electron chi connectivity index (χ2n) is 5.48. The Bertz CT molecular complexity index is 943. The number of aromatic nitrogens is 1. The molecule has 0 bridgehead atoms. The van der Waals surface area contributed by atoms with Crippen LogP contribution in [0.15, 0.2) is 65.7 Å². The summed E-state index contributed by atoms with van der Waals surface area (Å²) in [6.45, 7) is 1.79. The number of aromatic carboxylic acids is 1. The van der Waals surface area contributed by atoms with Crippen molar-refractivity contribution in [1.29, 1.82) is 0 Å². The molecule has 0 spiro atoms. The molecule has 1 amide bonds. The number of anilines is 1. The molecule has 5 nitrogen and oxygen atoms in total. The van der Waals surface area contributed by atoms with Gasteiger partial charge in [-0.2, -0.15) is 0 Å². The largest absolute Gasteiger partial charge is 0.478 e. The predicted octanol–water partition coefficient (Wildman–Crippen LogP) is 4.05. The van der Waals surface area contributed by atoms with E-state index in [1.165, 1.54) is 23.9 Å². The number of thioether (sulfide) groups is 1. The molecule has 0 aliphatic rings. The topological polar surface area (TPSA) is 79.3 Å². The van der Waals surface area contributed by atoms with E-state index in [1.807, 2.05) is 36.4 Å². The fourth-order valence-electron chi connectivity index (χ4n) is 2.32. The number of hydrogen-bond donors (Lipinski definition) is 2. The summed E-state index contributed by atoms with van der Waals surface area (Å²) in [5, 5.41) is 13.2. The Balaban J connectivity index is 1.69. The molecule has 0 saturated carbocycles. The minimum absolute atomic E-state index is 0.134. The molecule has 1 heterocycles. The van der Waals surface area contributed by atoms with Crippen molar-refractivity contribution in [3.63, 3.8) is 0 Å². The van der Waals surface area contributed by atoms with Gasteiger partial charge in [-0.1, -0.05) is 42.1 Å². The van der Waals surface area contributed by atoms with Gasteiger partial charge in [0, 0.05) is 11.1 Å². The Morgan fingerprint density at radius 2 is 1.88 bits per heavy atom. The molecule has 0 fully saturated rings. The highest BCUT2D eigenvalue weighted by atomic mass is 32.2. The van der Waals surface area contributed by atoms with Crippen LogP contribution >= 0.6 is 11.8 Å². The number of hydrogen-bond acceptors (Lipinski definition) is 4. The maximum atomic E-state index is 12.4. The summed E-state index contributed by atoms with van der Waals surface area (Å²) in [5.74, 6) is -1.23. The fourth-order valence-corrected chi connectivity index (χ4v) is 3.15. The maximum absolute atomic E-state index is 12.4. The lowest BCUT2D eigenvalue weighted by molar-refractivity contribution is -0.115. The molecular formula is C19H16N2O3S. The normalized spacial score (nSPS) is 11.9. The van der Waals surface area contributed by atoms with Gasteiger partial charge >= 0.3 is 5.97 Å². The first-order valence-electron chi connectivity index (χ1n) is 7.69. The second kappa shape index (κ2) is 7.36. The number of nitrogens with zero attached hydrogens (tertiary/aromatic N) is 1. The van der Waals surface area contributed by atoms with Crippen molar-refractivity contribution >= 4 is 40.2 Å². The van der Waals surface area contributed by atoms with Crippen LogP contribution < -0.4 is 5.32 Å². The minimum Gasteiger partial charge on any atom is -0.478 e. The van der Waals surface area contributed by atoms with Crippen LogP contribution in [0.1, 0.15) is 17.3 Å². The van der Waals surface area contributed by atoms with E-state index >= 15 is 0 Å². The van der Waals surface area contributed by atoms with Crippen LogP contribution in [0.4, 0.5) is 5.69 Å². The fraction of sp³-hybridized carbons (Fsp3) is 0.105. The van der Waals surface area contributed by atoms with Gasteiger partial charge in [-0.05, 0) is 37.3 Å². The van der Waals surface area contributed by atoms with Crippen LogP contribution in [-0.4, -0.2) is 27.2 Å².